The van der Waals surface area contributed by atoms with Crippen LogP contribution in [-0.2, 0) is 9.53 Å². The normalized spacial score (nSPS) is 17.4. The van der Waals surface area contributed by atoms with Gasteiger partial charge in [0.1, 0.15) is 6.54 Å². The van der Waals surface area contributed by atoms with Crippen LogP contribution in [0.4, 0.5) is 0 Å². The second-order valence-corrected chi connectivity index (χ2v) is 3.40. The number of nitrogens with zero attached hydrogens (tertiary/aromatic N) is 2. The van der Waals surface area contributed by atoms with Gasteiger partial charge in [-0.05, 0) is 19.8 Å². The van der Waals surface area contributed by atoms with Gasteiger partial charge in [0.05, 0.1) is 6.07 Å². The lowest BCUT2D eigenvalue weighted by atomic mass is 9.99. The molecular weight excluding hydrogens is 180 g/mol. The predicted molar refractivity (Wildman–Crippen MR) is 51.4 cm³/mol. The van der Waals surface area contributed by atoms with Gasteiger partial charge >= 0.3 is 0 Å². The van der Waals surface area contributed by atoms with Crippen molar-refractivity contribution < 1.29 is 9.53 Å². The second kappa shape index (κ2) is 5.61. The maximum Gasteiger partial charge on any atom is 0.226 e. The third-order valence-electron chi connectivity index (χ3n) is 2.53. The topological polar surface area (TPSA) is 53.3 Å². The fraction of sp³-hybridized carbons (Fsp3) is 0.800. The number of rotatable bonds is 3. The van der Waals surface area contributed by atoms with E-state index in [2.05, 4.69) is 0 Å². The molecule has 14 heavy (non-hydrogen) atoms. The van der Waals surface area contributed by atoms with Gasteiger partial charge < -0.3 is 9.64 Å². The highest BCUT2D eigenvalue weighted by atomic mass is 16.5. The van der Waals surface area contributed by atoms with Gasteiger partial charge in [-0.15, -0.1) is 0 Å². The molecule has 4 heteroatoms. The zero-order valence-electron chi connectivity index (χ0n) is 8.53. The minimum atomic E-state index is 0.0667. The molecule has 0 aromatic heterocycles. The SMILES string of the molecule is CCN(CC#N)C(=O)C1CCOCC1. The van der Waals surface area contributed by atoms with E-state index >= 15 is 0 Å². The number of carbonyl (C=O) groups excluding carboxylic acids is 1. The standard InChI is InChI=1S/C10H16N2O2/c1-2-12(6-5-11)10(13)9-3-7-14-8-4-9/h9H,2-4,6-8H2,1H3. The first-order valence-corrected chi connectivity index (χ1v) is 5.03. The molecule has 1 rings (SSSR count). The number of nitriles is 1. The highest BCUT2D eigenvalue weighted by Gasteiger charge is 2.25. The van der Waals surface area contributed by atoms with Crippen LogP contribution in [0.5, 0.6) is 0 Å². The minimum absolute atomic E-state index is 0.0667. The van der Waals surface area contributed by atoms with E-state index in [0.29, 0.717) is 19.8 Å². The molecule has 1 heterocycles. The van der Waals surface area contributed by atoms with Crippen LogP contribution >= 0.6 is 0 Å². The summed E-state index contributed by atoms with van der Waals surface area (Å²) in [6, 6.07) is 2.01. The largest absolute Gasteiger partial charge is 0.381 e. The van der Waals surface area contributed by atoms with Gasteiger partial charge in [-0.1, -0.05) is 0 Å². The molecule has 1 amide bonds. The quantitative estimate of drug-likeness (QED) is 0.627. The Balaban J connectivity index is 2.48. The van der Waals surface area contributed by atoms with E-state index in [1.165, 1.54) is 0 Å². The monoisotopic (exact) mass is 196 g/mol. The summed E-state index contributed by atoms with van der Waals surface area (Å²) in [6.07, 6.45) is 1.58. The molecule has 1 aliphatic heterocycles. The molecule has 0 atom stereocenters. The Hall–Kier alpha value is -1.08. The lowest BCUT2D eigenvalue weighted by Crippen LogP contribution is -2.38. The first kappa shape index (κ1) is 11.0. The van der Waals surface area contributed by atoms with E-state index < -0.39 is 0 Å². The number of ether oxygens (including phenoxy) is 1. The van der Waals surface area contributed by atoms with Crippen molar-refractivity contribution in [1.29, 1.82) is 5.26 Å². The molecule has 0 spiro atoms. The molecule has 1 fully saturated rings. The molecule has 0 aliphatic carbocycles. The highest BCUT2D eigenvalue weighted by Crippen LogP contribution is 2.17. The number of hydrogen-bond acceptors (Lipinski definition) is 3. The minimum Gasteiger partial charge on any atom is -0.381 e. The Labute approximate surface area is 84.4 Å². The van der Waals surface area contributed by atoms with Crippen LogP contribution in [0, 0.1) is 17.2 Å². The van der Waals surface area contributed by atoms with Gasteiger partial charge in [0.2, 0.25) is 5.91 Å². The average Bonchev–Trinajstić information content (AvgIpc) is 2.26. The summed E-state index contributed by atoms with van der Waals surface area (Å²) >= 11 is 0. The van der Waals surface area contributed by atoms with Crippen LogP contribution in [-0.4, -0.2) is 37.1 Å². The zero-order valence-corrected chi connectivity index (χ0v) is 8.53. The Bertz CT molecular complexity index is 229. The van der Waals surface area contributed by atoms with Crippen molar-refractivity contribution in [1.82, 2.24) is 4.90 Å². The Morgan fingerprint density at radius 3 is 2.71 bits per heavy atom. The van der Waals surface area contributed by atoms with Gasteiger partial charge in [0.25, 0.3) is 0 Å². The predicted octanol–water partition coefficient (Wildman–Crippen LogP) is 0.785. The van der Waals surface area contributed by atoms with Crippen molar-refractivity contribution in [3.8, 4) is 6.07 Å². The average molecular weight is 196 g/mol. The lowest BCUT2D eigenvalue weighted by molar-refractivity contribution is -0.137. The van der Waals surface area contributed by atoms with Gasteiger partial charge in [0.15, 0.2) is 0 Å². The molecule has 0 aromatic rings. The van der Waals surface area contributed by atoms with Gasteiger partial charge in [-0.25, -0.2) is 0 Å². The molecule has 1 saturated heterocycles. The Kier molecular flexibility index (Phi) is 4.41. The van der Waals surface area contributed by atoms with E-state index in [0.717, 1.165) is 12.8 Å². The third-order valence-corrected chi connectivity index (χ3v) is 2.53. The van der Waals surface area contributed by atoms with E-state index in [-0.39, 0.29) is 18.4 Å². The van der Waals surface area contributed by atoms with E-state index in [1.807, 2.05) is 13.0 Å². The van der Waals surface area contributed by atoms with Crippen molar-refractivity contribution in [2.24, 2.45) is 5.92 Å². The van der Waals surface area contributed by atoms with Crippen LogP contribution < -0.4 is 0 Å². The first-order valence-electron chi connectivity index (χ1n) is 5.03. The highest BCUT2D eigenvalue weighted by molar-refractivity contribution is 5.79. The Morgan fingerprint density at radius 1 is 1.57 bits per heavy atom. The molecule has 0 bridgehead atoms. The summed E-state index contributed by atoms with van der Waals surface area (Å²) in [5, 5.41) is 8.55. The number of amides is 1. The molecule has 1 aliphatic rings. The fourth-order valence-electron chi connectivity index (χ4n) is 1.63. The van der Waals surface area contributed by atoms with Crippen LogP contribution in [0.1, 0.15) is 19.8 Å². The van der Waals surface area contributed by atoms with Crippen LogP contribution in [0.2, 0.25) is 0 Å². The maximum atomic E-state index is 11.8. The molecule has 0 saturated carbocycles. The summed E-state index contributed by atoms with van der Waals surface area (Å²) in [5.74, 6) is 0.175. The molecule has 0 unspecified atom stereocenters. The smallest absolute Gasteiger partial charge is 0.226 e. The van der Waals surface area contributed by atoms with Gasteiger partial charge in [-0.3, -0.25) is 4.79 Å². The fourth-order valence-corrected chi connectivity index (χ4v) is 1.63. The van der Waals surface area contributed by atoms with E-state index in [1.54, 1.807) is 4.90 Å². The molecular formula is C10H16N2O2. The van der Waals surface area contributed by atoms with Crippen LogP contribution in [0.15, 0.2) is 0 Å². The third kappa shape index (κ3) is 2.71. The maximum absolute atomic E-state index is 11.8. The summed E-state index contributed by atoms with van der Waals surface area (Å²) in [4.78, 5) is 13.4. The van der Waals surface area contributed by atoms with Gasteiger partial charge in [0, 0.05) is 25.7 Å². The molecule has 4 nitrogen and oxygen atoms in total. The van der Waals surface area contributed by atoms with Crippen molar-refractivity contribution in [3.63, 3.8) is 0 Å². The van der Waals surface area contributed by atoms with E-state index in [4.69, 9.17) is 10.00 Å². The number of carbonyl (C=O) groups is 1. The second-order valence-electron chi connectivity index (χ2n) is 3.40. The molecule has 0 radical (unpaired) electrons. The number of hydrogen-bond donors (Lipinski definition) is 0. The van der Waals surface area contributed by atoms with Crippen LogP contribution in [0.25, 0.3) is 0 Å². The molecule has 0 aromatic carbocycles. The van der Waals surface area contributed by atoms with Crippen molar-refractivity contribution in [2.45, 2.75) is 19.8 Å². The zero-order chi connectivity index (χ0) is 10.4. The van der Waals surface area contributed by atoms with E-state index in [9.17, 15) is 4.79 Å². The summed E-state index contributed by atoms with van der Waals surface area (Å²) in [6.45, 7) is 4.05. The lowest BCUT2D eigenvalue weighted by Gasteiger charge is -2.26. The Morgan fingerprint density at radius 2 is 2.21 bits per heavy atom. The van der Waals surface area contributed by atoms with Crippen LogP contribution in [0.3, 0.4) is 0 Å². The van der Waals surface area contributed by atoms with Crippen molar-refractivity contribution >= 4 is 5.91 Å². The van der Waals surface area contributed by atoms with Gasteiger partial charge in [-0.2, -0.15) is 5.26 Å². The first-order chi connectivity index (χ1) is 6.79. The molecule has 78 valence electrons. The van der Waals surface area contributed by atoms with Crippen molar-refractivity contribution in [3.05, 3.63) is 0 Å². The molecule has 0 N–H and O–H groups in total. The summed E-state index contributed by atoms with van der Waals surface area (Å²) in [7, 11) is 0. The van der Waals surface area contributed by atoms with Crippen molar-refractivity contribution in [2.75, 3.05) is 26.3 Å². The summed E-state index contributed by atoms with van der Waals surface area (Å²) < 4.78 is 5.19. The summed E-state index contributed by atoms with van der Waals surface area (Å²) in [5.41, 5.74) is 0.